The van der Waals surface area contributed by atoms with Crippen LogP contribution in [0.1, 0.15) is 26.3 Å². The van der Waals surface area contributed by atoms with Crippen molar-refractivity contribution in [2.45, 2.75) is 39.3 Å². The van der Waals surface area contributed by atoms with E-state index in [9.17, 15) is 9.59 Å². The van der Waals surface area contributed by atoms with Gasteiger partial charge < -0.3 is 18.8 Å². The molecule has 1 heterocycles. The summed E-state index contributed by atoms with van der Waals surface area (Å²) in [7, 11) is 3.33. The first-order valence-corrected chi connectivity index (χ1v) is 10.2. The van der Waals surface area contributed by atoms with E-state index in [-0.39, 0.29) is 12.6 Å². The Bertz CT molecular complexity index is 1140. The van der Waals surface area contributed by atoms with Gasteiger partial charge in [0, 0.05) is 42.9 Å². The zero-order chi connectivity index (χ0) is 22.8. The maximum atomic E-state index is 12.7. The summed E-state index contributed by atoms with van der Waals surface area (Å²) >= 11 is 0. The lowest BCUT2D eigenvalue weighted by molar-refractivity contribution is -0.157. The molecule has 0 aliphatic heterocycles. The van der Waals surface area contributed by atoms with Gasteiger partial charge in [0.05, 0.1) is 6.61 Å². The third kappa shape index (κ3) is 5.14. The van der Waals surface area contributed by atoms with Crippen LogP contribution in [0.15, 0.2) is 57.7 Å². The normalized spacial score (nSPS) is 12.6. The number of fused-ring (bicyclic) bond motifs is 1. The van der Waals surface area contributed by atoms with Gasteiger partial charge in [0.25, 0.3) is 0 Å². The van der Waals surface area contributed by atoms with Gasteiger partial charge in [-0.2, -0.15) is 0 Å². The number of ether oxygens (including phenoxy) is 2. The highest BCUT2D eigenvalue weighted by atomic mass is 16.6. The molecule has 31 heavy (non-hydrogen) atoms. The van der Waals surface area contributed by atoms with Gasteiger partial charge in [0.2, 0.25) is 0 Å². The van der Waals surface area contributed by atoms with E-state index in [0.717, 1.165) is 22.1 Å². The topological polar surface area (TPSA) is 69.0 Å². The number of nitrogens with zero attached hydrogens (tertiary/aromatic N) is 1. The van der Waals surface area contributed by atoms with Gasteiger partial charge in [-0.1, -0.05) is 24.3 Å². The minimum Gasteiger partial charge on any atom is -0.458 e. The number of rotatable bonds is 6. The van der Waals surface area contributed by atoms with E-state index in [1.165, 1.54) is 6.07 Å². The first-order chi connectivity index (χ1) is 14.6. The van der Waals surface area contributed by atoms with Crippen molar-refractivity contribution in [2.24, 2.45) is 0 Å². The third-order valence-corrected chi connectivity index (χ3v) is 5.04. The smallest absolute Gasteiger partial charge is 0.336 e. The Morgan fingerprint density at radius 2 is 1.81 bits per heavy atom. The van der Waals surface area contributed by atoms with Crippen molar-refractivity contribution in [3.63, 3.8) is 0 Å². The van der Waals surface area contributed by atoms with Crippen molar-refractivity contribution >= 4 is 22.6 Å². The van der Waals surface area contributed by atoms with Crippen LogP contribution in [0, 0.1) is 6.92 Å². The van der Waals surface area contributed by atoms with Crippen molar-refractivity contribution in [1.82, 2.24) is 0 Å². The van der Waals surface area contributed by atoms with Gasteiger partial charge in [-0.3, -0.25) is 0 Å². The molecule has 1 unspecified atom stereocenters. The summed E-state index contributed by atoms with van der Waals surface area (Å²) in [5.74, 6) is -0.382. The molecule has 0 spiro atoms. The molecule has 0 aliphatic rings. The predicted octanol–water partition coefficient (Wildman–Crippen LogP) is 4.56. The van der Waals surface area contributed by atoms with E-state index in [1.54, 1.807) is 25.1 Å². The number of anilines is 1. The molecule has 1 atom stereocenters. The van der Waals surface area contributed by atoms with Crippen molar-refractivity contribution in [1.29, 1.82) is 0 Å². The summed E-state index contributed by atoms with van der Waals surface area (Å²) in [5, 5.41) is 0.826. The zero-order valence-electron chi connectivity index (χ0n) is 18.9. The molecule has 0 bridgehead atoms. The average Bonchev–Trinajstić information content (AvgIpc) is 2.69. The molecule has 0 amide bonds. The van der Waals surface area contributed by atoms with Crippen molar-refractivity contribution in [3.05, 3.63) is 64.5 Å². The predicted molar refractivity (Wildman–Crippen MR) is 123 cm³/mol. The van der Waals surface area contributed by atoms with E-state index >= 15 is 0 Å². The lowest BCUT2D eigenvalue weighted by atomic mass is 9.98. The van der Waals surface area contributed by atoms with Gasteiger partial charge >= 0.3 is 11.6 Å². The molecule has 164 valence electrons. The number of hydrogen-bond acceptors (Lipinski definition) is 6. The monoisotopic (exact) mass is 423 g/mol. The number of hydrogen-bond donors (Lipinski definition) is 0. The summed E-state index contributed by atoms with van der Waals surface area (Å²) in [6.07, 6.45) is 0. The maximum Gasteiger partial charge on any atom is 0.336 e. The number of likely N-dealkylation sites (N-methyl/N-ethyl adjacent to an activating group) is 1. The lowest BCUT2D eigenvalue weighted by Gasteiger charge is -2.31. The van der Waals surface area contributed by atoms with Gasteiger partial charge in [-0.05, 0) is 51.0 Å². The Balaban J connectivity index is 2.04. The summed E-state index contributed by atoms with van der Waals surface area (Å²) in [5.41, 5.74) is 3.00. The number of carbonyl (C=O) groups excluding carboxylic acids is 1. The van der Waals surface area contributed by atoms with Crippen LogP contribution in [0.25, 0.3) is 22.1 Å². The van der Waals surface area contributed by atoms with Crippen LogP contribution in [0.4, 0.5) is 5.69 Å². The molecule has 0 N–H and O–H groups in total. The summed E-state index contributed by atoms with van der Waals surface area (Å²) in [6.45, 7) is 7.65. The van der Waals surface area contributed by atoms with Crippen LogP contribution < -0.4 is 10.5 Å². The van der Waals surface area contributed by atoms with Crippen LogP contribution in [0.3, 0.4) is 0 Å². The van der Waals surface area contributed by atoms with E-state index in [2.05, 4.69) is 0 Å². The second kappa shape index (κ2) is 8.94. The molecule has 1 aromatic heterocycles. The summed E-state index contributed by atoms with van der Waals surface area (Å²) < 4.78 is 16.3. The molecule has 6 nitrogen and oxygen atoms in total. The molecule has 2 aromatic carbocycles. The van der Waals surface area contributed by atoms with Gasteiger partial charge in [-0.25, -0.2) is 9.59 Å². The van der Waals surface area contributed by atoms with E-state index in [4.69, 9.17) is 13.9 Å². The maximum absolute atomic E-state index is 12.7. The SMILES string of the molecule is COCC(C(=O)OC(C)(C)C)N(C)c1ccc2c(-c3ccccc3C)cc(=O)oc2c1. The minimum atomic E-state index is -0.645. The Morgan fingerprint density at radius 3 is 2.45 bits per heavy atom. The second-order valence-corrected chi connectivity index (χ2v) is 8.59. The Hall–Kier alpha value is -3.12. The highest BCUT2D eigenvalue weighted by Crippen LogP contribution is 2.32. The standard InChI is InChI=1S/C25H29NO5/c1-16-9-7-8-10-18(16)20-14-23(27)30-22-13-17(11-12-19(20)22)26(5)21(15-29-6)24(28)31-25(2,3)4/h7-14,21H,15H2,1-6H3. The van der Waals surface area contributed by atoms with E-state index in [0.29, 0.717) is 11.3 Å². The number of methoxy groups -OCH3 is 1. The fourth-order valence-electron chi connectivity index (χ4n) is 3.51. The summed E-state index contributed by atoms with van der Waals surface area (Å²) in [4.78, 5) is 26.8. The Kier molecular flexibility index (Phi) is 6.51. The second-order valence-electron chi connectivity index (χ2n) is 8.59. The van der Waals surface area contributed by atoms with Crippen LogP contribution >= 0.6 is 0 Å². The van der Waals surface area contributed by atoms with Crippen LogP contribution in [0.2, 0.25) is 0 Å². The Labute approximate surface area is 182 Å². The fourth-order valence-corrected chi connectivity index (χ4v) is 3.51. The first-order valence-electron chi connectivity index (χ1n) is 10.2. The largest absolute Gasteiger partial charge is 0.458 e. The number of benzene rings is 2. The van der Waals surface area contributed by atoms with Gasteiger partial charge in [0.1, 0.15) is 11.2 Å². The number of esters is 1. The molecule has 6 heteroatoms. The molecular formula is C25H29NO5. The molecule has 0 saturated heterocycles. The third-order valence-electron chi connectivity index (χ3n) is 5.04. The molecule has 0 aliphatic carbocycles. The van der Waals surface area contributed by atoms with E-state index in [1.807, 2.05) is 64.1 Å². The molecule has 3 aromatic rings. The molecule has 0 saturated carbocycles. The van der Waals surface area contributed by atoms with Crippen LogP contribution in [0.5, 0.6) is 0 Å². The molecule has 0 fully saturated rings. The molecule has 3 rings (SSSR count). The fraction of sp³-hybridized carbons (Fsp3) is 0.360. The highest BCUT2D eigenvalue weighted by Gasteiger charge is 2.29. The van der Waals surface area contributed by atoms with Crippen molar-refractivity contribution < 1.29 is 18.7 Å². The average molecular weight is 424 g/mol. The van der Waals surface area contributed by atoms with Gasteiger partial charge in [0.15, 0.2) is 6.04 Å². The quantitative estimate of drug-likeness (QED) is 0.428. The molecule has 0 radical (unpaired) electrons. The van der Waals surface area contributed by atoms with Crippen LogP contribution in [-0.2, 0) is 14.3 Å². The van der Waals surface area contributed by atoms with Crippen LogP contribution in [-0.4, -0.2) is 38.4 Å². The zero-order valence-corrected chi connectivity index (χ0v) is 18.9. The molecular weight excluding hydrogens is 394 g/mol. The summed E-state index contributed by atoms with van der Waals surface area (Å²) in [6, 6.07) is 14.4. The van der Waals surface area contributed by atoms with Gasteiger partial charge in [-0.15, -0.1) is 0 Å². The lowest BCUT2D eigenvalue weighted by Crippen LogP contribution is -2.45. The Morgan fingerprint density at radius 1 is 1.10 bits per heavy atom. The number of carbonyl (C=O) groups is 1. The highest BCUT2D eigenvalue weighted by molar-refractivity contribution is 5.95. The first kappa shape index (κ1) is 22.6. The van der Waals surface area contributed by atoms with Crippen molar-refractivity contribution in [3.8, 4) is 11.1 Å². The van der Waals surface area contributed by atoms with E-state index < -0.39 is 17.3 Å². The van der Waals surface area contributed by atoms with Crippen molar-refractivity contribution in [2.75, 3.05) is 25.7 Å². The number of aryl methyl sites for hydroxylation is 1. The minimum absolute atomic E-state index is 0.163.